The van der Waals surface area contributed by atoms with Gasteiger partial charge in [0.2, 0.25) is 5.91 Å². The third-order valence-corrected chi connectivity index (χ3v) is 6.41. The van der Waals surface area contributed by atoms with Crippen LogP contribution < -0.4 is 5.32 Å². The summed E-state index contributed by atoms with van der Waals surface area (Å²) in [5.41, 5.74) is -0.271. The first-order valence-electron chi connectivity index (χ1n) is 9.75. The van der Waals surface area contributed by atoms with Crippen molar-refractivity contribution in [1.82, 2.24) is 10.2 Å². The molecule has 0 aromatic carbocycles. The first-order chi connectivity index (χ1) is 10.7. The van der Waals surface area contributed by atoms with Crippen LogP contribution in [0.25, 0.3) is 0 Å². The van der Waals surface area contributed by atoms with E-state index in [0.717, 1.165) is 6.42 Å². The molecule has 1 unspecified atom stereocenters. The van der Waals surface area contributed by atoms with Gasteiger partial charge in [0.05, 0.1) is 5.54 Å². The number of rotatable bonds is 6. The number of hydrogen-bond acceptors (Lipinski definition) is 2. The van der Waals surface area contributed by atoms with Gasteiger partial charge < -0.3 is 5.32 Å². The molecule has 0 aromatic rings. The van der Waals surface area contributed by atoms with Crippen molar-refractivity contribution in [2.45, 2.75) is 126 Å². The fraction of sp³-hybridized carbons (Fsp3) is 0.955. The predicted octanol–water partition coefficient (Wildman–Crippen LogP) is 5.63. The van der Waals surface area contributed by atoms with Gasteiger partial charge in [-0.25, -0.2) is 0 Å². The topological polar surface area (TPSA) is 32.3 Å². The fourth-order valence-electron chi connectivity index (χ4n) is 4.03. The Balaban J connectivity index is 6.26. The Bertz CT molecular complexity index is 461. The van der Waals surface area contributed by atoms with Crippen LogP contribution in [0.3, 0.4) is 0 Å². The molecule has 150 valence electrons. The first kappa shape index (κ1) is 24.4. The lowest BCUT2D eigenvalue weighted by Gasteiger charge is -2.62. The highest BCUT2D eigenvalue weighted by atomic mass is 16.1. The highest BCUT2D eigenvalue weighted by Crippen LogP contribution is 2.45. The van der Waals surface area contributed by atoms with Crippen LogP contribution in [0, 0.1) is 10.8 Å². The third kappa shape index (κ3) is 5.70. The van der Waals surface area contributed by atoms with Gasteiger partial charge in [0.15, 0.2) is 0 Å². The van der Waals surface area contributed by atoms with Gasteiger partial charge in [0.25, 0.3) is 0 Å². The molecule has 0 fully saturated rings. The summed E-state index contributed by atoms with van der Waals surface area (Å²) in [6, 6.07) is 0.386. The van der Waals surface area contributed by atoms with Gasteiger partial charge in [-0.3, -0.25) is 9.69 Å². The zero-order valence-electron chi connectivity index (χ0n) is 19.6. The van der Waals surface area contributed by atoms with E-state index < -0.39 is 0 Å². The van der Waals surface area contributed by atoms with E-state index >= 15 is 0 Å². The van der Waals surface area contributed by atoms with Crippen molar-refractivity contribution in [2.75, 3.05) is 0 Å². The van der Waals surface area contributed by atoms with Crippen molar-refractivity contribution in [3.05, 3.63) is 0 Å². The van der Waals surface area contributed by atoms with Crippen LogP contribution in [-0.2, 0) is 4.79 Å². The molecule has 0 aliphatic carbocycles. The summed E-state index contributed by atoms with van der Waals surface area (Å²) in [6.45, 7) is 31.3. The highest BCUT2D eigenvalue weighted by Gasteiger charge is 2.52. The molecular weight excluding hydrogens is 308 g/mol. The molecule has 0 radical (unpaired) electrons. The maximum absolute atomic E-state index is 11.8. The standard InChI is InChI=1S/C22H46N2O/c1-16(15-18(3,4)5)24(21(11,12)19(6,7)8)22(13,14)20(9,10)23-17(2)25/h16H,15H2,1-14H3,(H,23,25). The second-order valence-corrected chi connectivity index (χ2v) is 11.7. The summed E-state index contributed by atoms with van der Waals surface area (Å²) >= 11 is 0. The Morgan fingerprint density at radius 3 is 1.52 bits per heavy atom. The van der Waals surface area contributed by atoms with E-state index in [1.54, 1.807) is 6.92 Å². The Morgan fingerprint density at radius 1 is 0.840 bits per heavy atom. The van der Waals surface area contributed by atoms with Crippen molar-refractivity contribution in [1.29, 1.82) is 0 Å². The van der Waals surface area contributed by atoms with Gasteiger partial charge in [-0.05, 0) is 65.7 Å². The number of amides is 1. The van der Waals surface area contributed by atoms with Crippen LogP contribution in [-0.4, -0.2) is 33.5 Å². The number of carbonyl (C=O) groups excluding carboxylic acids is 1. The van der Waals surface area contributed by atoms with Gasteiger partial charge in [0, 0.05) is 24.0 Å². The summed E-state index contributed by atoms with van der Waals surface area (Å²) in [7, 11) is 0. The Kier molecular flexibility index (Phi) is 7.05. The maximum Gasteiger partial charge on any atom is 0.217 e. The summed E-state index contributed by atoms with van der Waals surface area (Å²) in [5.74, 6) is 0.0232. The molecule has 0 spiro atoms. The van der Waals surface area contributed by atoms with Gasteiger partial charge >= 0.3 is 0 Å². The minimum absolute atomic E-state index is 0.0232. The van der Waals surface area contributed by atoms with Gasteiger partial charge in [-0.15, -0.1) is 0 Å². The van der Waals surface area contributed by atoms with Gasteiger partial charge in [0.1, 0.15) is 0 Å². The molecule has 3 nitrogen and oxygen atoms in total. The van der Waals surface area contributed by atoms with Crippen molar-refractivity contribution < 1.29 is 4.79 Å². The molecule has 0 aromatic heterocycles. The van der Waals surface area contributed by atoms with E-state index in [-0.39, 0.29) is 33.4 Å². The van der Waals surface area contributed by atoms with Crippen LogP contribution in [0.4, 0.5) is 0 Å². The first-order valence-corrected chi connectivity index (χ1v) is 9.75. The number of hydrogen-bond donors (Lipinski definition) is 1. The second kappa shape index (κ2) is 7.21. The molecule has 0 aliphatic heterocycles. The highest BCUT2D eigenvalue weighted by molar-refractivity contribution is 5.74. The molecule has 1 amide bonds. The lowest BCUT2D eigenvalue weighted by Crippen LogP contribution is -2.73. The van der Waals surface area contributed by atoms with Crippen molar-refractivity contribution in [3.63, 3.8) is 0 Å². The molecule has 0 saturated heterocycles. The lowest BCUT2D eigenvalue weighted by molar-refractivity contribution is -0.131. The predicted molar refractivity (Wildman–Crippen MR) is 111 cm³/mol. The minimum Gasteiger partial charge on any atom is -0.350 e. The number of nitrogens with one attached hydrogen (secondary N) is 1. The summed E-state index contributed by atoms with van der Waals surface area (Å²) in [6.07, 6.45) is 1.10. The summed E-state index contributed by atoms with van der Waals surface area (Å²) in [4.78, 5) is 14.5. The van der Waals surface area contributed by atoms with E-state index in [2.05, 4.69) is 100 Å². The molecule has 1 atom stereocenters. The van der Waals surface area contributed by atoms with Gasteiger partial charge in [-0.1, -0.05) is 41.5 Å². The zero-order chi connectivity index (χ0) is 20.6. The van der Waals surface area contributed by atoms with Crippen LogP contribution in [0.5, 0.6) is 0 Å². The Labute approximate surface area is 158 Å². The molecule has 0 aliphatic rings. The monoisotopic (exact) mass is 354 g/mol. The van der Waals surface area contributed by atoms with E-state index in [4.69, 9.17) is 0 Å². The second-order valence-electron chi connectivity index (χ2n) is 11.7. The average Bonchev–Trinajstić information content (AvgIpc) is 2.20. The van der Waals surface area contributed by atoms with Gasteiger partial charge in [-0.2, -0.15) is 0 Å². The summed E-state index contributed by atoms with van der Waals surface area (Å²) in [5, 5.41) is 3.20. The largest absolute Gasteiger partial charge is 0.350 e. The third-order valence-electron chi connectivity index (χ3n) is 6.41. The lowest BCUT2D eigenvalue weighted by atomic mass is 9.68. The Hall–Kier alpha value is -0.570. The quantitative estimate of drug-likeness (QED) is 0.670. The van der Waals surface area contributed by atoms with E-state index in [0.29, 0.717) is 6.04 Å². The fourth-order valence-corrected chi connectivity index (χ4v) is 4.03. The molecule has 3 heteroatoms. The minimum atomic E-state index is -0.354. The van der Waals surface area contributed by atoms with Crippen LogP contribution >= 0.6 is 0 Å². The van der Waals surface area contributed by atoms with E-state index in [9.17, 15) is 4.79 Å². The van der Waals surface area contributed by atoms with Crippen LogP contribution in [0.15, 0.2) is 0 Å². The maximum atomic E-state index is 11.8. The van der Waals surface area contributed by atoms with Crippen molar-refractivity contribution in [2.24, 2.45) is 10.8 Å². The van der Waals surface area contributed by atoms with Crippen molar-refractivity contribution >= 4 is 5.91 Å². The molecule has 1 N–H and O–H groups in total. The molecular formula is C22H46N2O. The van der Waals surface area contributed by atoms with E-state index in [1.165, 1.54) is 0 Å². The molecule has 0 heterocycles. The van der Waals surface area contributed by atoms with Crippen LogP contribution in [0.2, 0.25) is 0 Å². The molecule has 0 bridgehead atoms. The zero-order valence-corrected chi connectivity index (χ0v) is 19.6. The van der Waals surface area contributed by atoms with Crippen LogP contribution in [0.1, 0.15) is 103 Å². The van der Waals surface area contributed by atoms with E-state index in [1.807, 2.05) is 0 Å². The average molecular weight is 355 g/mol. The number of carbonyl (C=O) groups is 1. The molecule has 0 rings (SSSR count). The Morgan fingerprint density at radius 2 is 1.24 bits per heavy atom. The molecule has 25 heavy (non-hydrogen) atoms. The molecule has 0 saturated carbocycles. The van der Waals surface area contributed by atoms with Crippen molar-refractivity contribution in [3.8, 4) is 0 Å². The normalized spacial score (nSPS) is 16.1. The smallest absolute Gasteiger partial charge is 0.217 e. The SMILES string of the molecule is CC(=O)NC(C)(C)C(C)(C)N(C(C)CC(C)(C)C)C(C)(C)C(C)(C)C. The number of nitrogens with zero attached hydrogens (tertiary/aromatic N) is 1. The summed E-state index contributed by atoms with van der Waals surface area (Å²) < 4.78 is 0.